The Labute approximate surface area is 254 Å². The zero-order valence-electron chi connectivity index (χ0n) is 23.5. The van der Waals surface area contributed by atoms with Gasteiger partial charge in [-0.05, 0) is 78.4 Å². The molecule has 0 fully saturated rings. The van der Waals surface area contributed by atoms with E-state index >= 15 is 0 Å². The Morgan fingerprint density at radius 1 is 0.651 bits per heavy atom. The standard InChI is InChI=1S/C18H13OS.C16H18O6S/c1-2-8-14(9-3-1)20-17-12-6-4-10-15(17)19-16-11-5-7-13-18(16)20;1-20-12-13-2-4-14(5-3-13)21-10-11-22-15-6-8-16(9-7-15)23(17,18)19/h1-13H;2-9H,10-12H2,1H3,(H,17,18,19)/q+1;. The maximum absolute atomic E-state index is 10.9. The maximum Gasteiger partial charge on any atom is 0.294 e. The van der Waals surface area contributed by atoms with E-state index in [4.69, 9.17) is 23.5 Å². The van der Waals surface area contributed by atoms with Crippen LogP contribution in [0.3, 0.4) is 0 Å². The summed E-state index contributed by atoms with van der Waals surface area (Å²) >= 11 is 0. The van der Waals surface area contributed by atoms with Crippen LogP contribution in [0, 0.1) is 0 Å². The lowest BCUT2D eigenvalue weighted by Crippen LogP contribution is -2.12. The van der Waals surface area contributed by atoms with Gasteiger partial charge in [0, 0.05) is 7.11 Å². The van der Waals surface area contributed by atoms with Crippen LogP contribution in [0.15, 0.2) is 147 Å². The van der Waals surface area contributed by atoms with Crippen LogP contribution in [0.1, 0.15) is 5.56 Å². The number of hydrogen-bond donors (Lipinski definition) is 1. The molecule has 0 atom stereocenters. The molecule has 5 aromatic carbocycles. The smallest absolute Gasteiger partial charge is 0.294 e. The second kappa shape index (κ2) is 14.3. The van der Waals surface area contributed by atoms with Gasteiger partial charge in [-0.2, -0.15) is 8.42 Å². The van der Waals surface area contributed by atoms with Crippen LogP contribution >= 0.6 is 0 Å². The summed E-state index contributed by atoms with van der Waals surface area (Å²) in [7, 11) is -2.62. The summed E-state index contributed by atoms with van der Waals surface area (Å²) in [6.45, 7) is 1.22. The first-order chi connectivity index (χ1) is 20.9. The second-order valence-electron chi connectivity index (χ2n) is 9.34. The van der Waals surface area contributed by atoms with E-state index in [1.54, 1.807) is 7.11 Å². The zero-order chi connectivity index (χ0) is 30.1. The first kappa shape index (κ1) is 30.2. The molecule has 0 radical (unpaired) electrons. The average Bonchev–Trinajstić information content (AvgIpc) is 3.03. The predicted octanol–water partition coefficient (Wildman–Crippen LogP) is 7.43. The predicted molar refractivity (Wildman–Crippen MR) is 166 cm³/mol. The number of benzene rings is 5. The molecule has 6 rings (SSSR count). The van der Waals surface area contributed by atoms with Crippen LogP contribution < -0.4 is 14.2 Å². The van der Waals surface area contributed by atoms with E-state index in [2.05, 4.69) is 54.6 Å². The van der Waals surface area contributed by atoms with Gasteiger partial charge in [0.25, 0.3) is 10.1 Å². The van der Waals surface area contributed by atoms with Crippen molar-refractivity contribution in [2.24, 2.45) is 0 Å². The molecule has 7 nitrogen and oxygen atoms in total. The molecule has 5 aromatic rings. The van der Waals surface area contributed by atoms with Crippen LogP contribution in [0.4, 0.5) is 0 Å². The van der Waals surface area contributed by atoms with E-state index in [0.717, 1.165) is 22.8 Å². The topological polar surface area (TPSA) is 91.3 Å². The number of rotatable bonds is 9. The van der Waals surface area contributed by atoms with Crippen molar-refractivity contribution in [3.63, 3.8) is 0 Å². The highest BCUT2D eigenvalue weighted by Crippen LogP contribution is 2.46. The number of hydrogen-bond acceptors (Lipinski definition) is 6. The minimum absolute atomic E-state index is 0.0829. The van der Waals surface area contributed by atoms with Crippen molar-refractivity contribution in [3.05, 3.63) is 133 Å². The molecule has 0 aromatic heterocycles. The third-order valence-electron chi connectivity index (χ3n) is 6.31. The molecule has 0 amide bonds. The molecule has 9 heteroatoms. The van der Waals surface area contributed by atoms with Gasteiger partial charge in [-0.15, -0.1) is 0 Å². The van der Waals surface area contributed by atoms with Gasteiger partial charge in [-0.3, -0.25) is 4.55 Å². The lowest BCUT2D eigenvalue weighted by atomic mass is 10.2. The van der Waals surface area contributed by atoms with Gasteiger partial charge < -0.3 is 18.9 Å². The molecular weight excluding hydrogens is 585 g/mol. The van der Waals surface area contributed by atoms with E-state index < -0.39 is 10.1 Å². The van der Waals surface area contributed by atoms with Crippen LogP contribution in [0.5, 0.6) is 23.0 Å². The first-order valence-electron chi connectivity index (χ1n) is 13.5. The van der Waals surface area contributed by atoms with Crippen LogP contribution in [0.25, 0.3) is 0 Å². The Morgan fingerprint density at radius 2 is 1.14 bits per heavy atom. The van der Waals surface area contributed by atoms with Gasteiger partial charge in [-0.1, -0.05) is 54.6 Å². The number of methoxy groups -OCH3 is 1. The Kier molecular flexibility index (Phi) is 10.0. The molecule has 1 heterocycles. The van der Waals surface area contributed by atoms with Crippen LogP contribution in [-0.4, -0.2) is 33.3 Å². The summed E-state index contributed by atoms with van der Waals surface area (Å²) in [5, 5.41) is 0. The van der Waals surface area contributed by atoms with Crippen LogP contribution in [0.2, 0.25) is 0 Å². The van der Waals surface area contributed by atoms with Gasteiger partial charge >= 0.3 is 0 Å². The van der Waals surface area contributed by atoms with Gasteiger partial charge in [0.1, 0.15) is 35.6 Å². The summed E-state index contributed by atoms with van der Waals surface area (Å²) in [6, 6.07) is 40.4. The molecule has 43 heavy (non-hydrogen) atoms. The lowest BCUT2D eigenvalue weighted by molar-refractivity contribution is 0.184. The molecule has 220 valence electrons. The van der Waals surface area contributed by atoms with Gasteiger partial charge in [0.2, 0.25) is 9.79 Å². The average molecular weight is 616 g/mol. The minimum atomic E-state index is -4.18. The fourth-order valence-corrected chi connectivity index (χ4v) is 7.03. The zero-order valence-corrected chi connectivity index (χ0v) is 25.1. The highest BCUT2D eigenvalue weighted by Gasteiger charge is 2.38. The molecular formula is C34H31O7S2+. The molecule has 0 spiro atoms. The largest absolute Gasteiger partial charge is 0.490 e. The number of fused-ring (bicyclic) bond motifs is 2. The Hall–Kier alpha value is -4.28. The quantitative estimate of drug-likeness (QED) is 0.103. The van der Waals surface area contributed by atoms with E-state index in [-0.39, 0.29) is 15.8 Å². The van der Waals surface area contributed by atoms with E-state index in [0.29, 0.717) is 25.6 Å². The van der Waals surface area contributed by atoms with Gasteiger partial charge in [0.05, 0.1) is 11.5 Å². The first-order valence-corrected chi connectivity index (χ1v) is 16.1. The van der Waals surface area contributed by atoms with Crippen LogP contribution in [-0.2, 0) is 32.4 Å². The monoisotopic (exact) mass is 615 g/mol. The molecule has 0 saturated carbocycles. The van der Waals surface area contributed by atoms with Crippen molar-refractivity contribution in [2.45, 2.75) is 26.2 Å². The fourth-order valence-electron chi connectivity index (χ4n) is 4.33. The van der Waals surface area contributed by atoms with Crippen molar-refractivity contribution in [1.29, 1.82) is 0 Å². The van der Waals surface area contributed by atoms with Gasteiger partial charge in [0.15, 0.2) is 16.4 Å². The maximum atomic E-state index is 10.9. The Bertz CT molecular complexity index is 1680. The SMILES string of the molecule is COCc1ccc(OCCOc2ccc(S(=O)(=O)O)cc2)cc1.c1ccc([S+]2c3ccccc3Oc3ccccc32)cc1. The van der Waals surface area contributed by atoms with E-state index in [1.165, 1.54) is 39.0 Å². The summed E-state index contributed by atoms with van der Waals surface area (Å²) in [4.78, 5) is 3.68. The molecule has 1 aliphatic rings. The van der Waals surface area contributed by atoms with Crippen molar-refractivity contribution < 1.29 is 31.9 Å². The molecule has 0 bridgehead atoms. The molecule has 1 aliphatic heterocycles. The normalized spacial score (nSPS) is 12.1. The summed E-state index contributed by atoms with van der Waals surface area (Å²) in [5.41, 5.74) is 1.06. The highest BCUT2D eigenvalue weighted by molar-refractivity contribution is 7.97. The van der Waals surface area contributed by atoms with Crippen molar-refractivity contribution >= 4 is 21.0 Å². The fraction of sp³-hybridized carbons (Fsp3) is 0.118. The third-order valence-corrected chi connectivity index (χ3v) is 9.48. The van der Waals surface area contributed by atoms with Crippen molar-refractivity contribution in [1.82, 2.24) is 0 Å². The Morgan fingerprint density at radius 3 is 1.65 bits per heavy atom. The number of ether oxygens (including phenoxy) is 4. The Balaban J connectivity index is 0.000000172. The third kappa shape index (κ3) is 7.97. The number of para-hydroxylation sites is 2. The molecule has 1 N–H and O–H groups in total. The molecule has 0 unspecified atom stereocenters. The lowest BCUT2D eigenvalue weighted by Gasteiger charge is -2.19. The van der Waals surface area contributed by atoms with E-state index in [1.807, 2.05) is 48.5 Å². The van der Waals surface area contributed by atoms with Crippen molar-refractivity contribution in [3.8, 4) is 23.0 Å². The minimum Gasteiger partial charge on any atom is -0.490 e. The van der Waals surface area contributed by atoms with Gasteiger partial charge in [-0.25, -0.2) is 0 Å². The summed E-state index contributed by atoms with van der Waals surface area (Å²) in [5.74, 6) is 3.17. The van der Waals surface area contributed by atoms with Crippen molar-refractivity contribution in [2.75, 3.05) is 20.3 Å². The highest BCUT2D eigenvalue weighted by atomic mass is 32.2. The molecule has 0 aliphatic carbocycles. The summed E-state index contributed by atoms with van der Waals surface area (Å²) < 4.78 is 52.7. The summed E-state index contributed by atoms with van der Waals surface area (Å²) in [6.07, 6.45) is 0. The second-order valence-corrected chi connectivity index (χ2v) is 12.7. The molecule has 0 saturated heterocycles. The van der Waals surface area contributed by atoms with E-state index in [9.17, 15) is 8.42 Å².